The second-order valence-electron chi connectivity index (χ2n) is 11.5. The van der Waals surface area contributed by atoms with Crippen LogP contribution < -0.4 is 9.47 Å². The number of carbonyl (C=O) groups excluding carboxylic acids is 2. The summed E-state index contributed by atoms with van der Waals surface area (Å²) in [4.78, 5) is 34.6. The minimum Gasteiger partial charge on any atom is -0.494 e. The van der Waals surface area contributed by atoms with Gasteiger partial charge >= 0.3 is 17.9 Å². The third kappa shape index (κ3) is 14.1. The molecule has 0 unspecified atom stereocenters. The van der Waals surface area contributed by atoms with E-state index in [9.17, 15) is 14.4 Å². The first-order valence-electron chi connectivity index (χ1n) is 16.6. The van der Waals surface area contributed by atoms with Gasteiger partial charge in [0, 0.05) is 6.08 Å². The van der Waals surface area contributed by atoms with Gasteiger partial charge in [0.2, 0.25) is 0 Å². The van der Waals surface area contributed by atoms with Crippen LogP contribution >= 0.6 is 0 Å². The van der Waals surface area contributed by atoms with Crippen molar-refractivity contribution in [1.82, 2.24) is 0 Å². The smallest absolute Gasteiger partial charge is 0.343 e. The third-order valence-electron chi connectivity index (χ3n) is 7.84. The van der Waals surface area contributed by atoms with Crippen molar-refractivity contribution in [2.75, 3.05) is 13.2 Å². The minimum atomic E-state index is -0.962. The Bertz CT molecular complexity index is 1330. The number of ether oxygens (including phenoxy) is 3. The van der Waals surface area contributed by atoms with Crippen molar-refractivity contribution in [2.45, 2.75) is 89.9 Å². The van der Waals surface area contributed by atoms with E-state index in [1.54, 1.807) is 60.7 Å². The fourth-order valence-electron chi connectivity index (χ4n) is 5.12. The molecule has 3 aromatic carbocycles. The van der Waals surface area contributed by atoms with Gasteiger partial charge < -0.3 is 19.3 Å². The summed E-state index contributed by atoms with van der Waals surface area (Å²) in [6, 6.07) is 20.7. The number of hydrogen-bond donors (Lipinski definition) is 1. The summed E-state index contributed by atoms with van der Waals surface area (Å²) in [5, 5.41) is 9.05. The number of benzene rings is 3. The van der Waals surface area contributed by atoms with E-state index in [2.05, 4.69) is 6.58 Å². The maximum absolute atomic E-state index is 12.6. The van der Waals surface area contributed by atoms with Crippen LogP contribution in [0.3, 0.4) is 0 Å². The lowest BCUT2D eigenvalue weighted by atomic mass is 10.0. The zero-order chi connectivity index (χ0) is 32.8. The number of rotatable bonds is 23. The highest BCUT2D eigenvalue weighted by Crippen LogP contribution is 2.24. The van der Waals surface area contributed by atoms with Gasteiger partial charge in [0.25, 0.3) is 0 Å². The predicted molar refractivity (Wildman–Crippen MR) is 182 cm³/mol. The van der Waals surface area contributed by atoms with Crippen LogP contribution in [0.2, 0.25) is 0 Å². The first kappa shape index (κ1) is 36.1. The number of carbonyl (C=O) groups is 3. The summed E-state index contributed by atoms with van der Waals surface area (Å²) in [5.41, 5.74) is 2.45. The molecule has 0 bridgehead atoms. The molecule has 1 N–H and O–H groups in total. The van der Waals surface area contributed by atoms with Crippen molar-refractivity contribution < 1.29 is 33.7 Å². The Labute approximate surface area is 273 Å². The quantitative estimate of drug-likeness (QED) is 0.0483. The van der Waals surface area contributed by atoms with E-state index in [1.165, 1.54) is 70.3 Å². The van der Waals surface area contributed by atoms with E-state index in [-0.39, 0.29) is 11.5 Å². The number of hydrogen-bond acceptors (Lipinski definition) is 6. The lowest BCUT2D eigenvalue weighted by molar-refractivity contribution is -0.137. The lowest BCUT2D eigenvalue weighted by Crippen LogP contribution is -2.08. The second-order valence-corrected chi connectivity index (χ2v) is 11.5. The molecule has 0 atom stereocenters. The van der Waals surface area contributed by atoms with Crippen LogP contribution in [0.1, 0.15) is 111 Å². The lowest BCUT2D eigenvalue weighted by Gasteiger charge is -2.08. The van der Waals surface area contributed by atoms with Crippen LogP contribution in [0, 0.1) is 0 Å². The Kier molecular flexibility index (Phi) is 16.8. The molecule has 7 heteroatoms. The number of carboxylic acid groups (broad SMARTS) is 1. The normalized spacial score (nSPS) is 10.7. The number of esters is 2. The zero-order valence-corrected chi connectivity index (χ0v) is 26.9. The van der Waals surface area contributed by atoms with Crippen LogP contribution in [-0.2, 0) is 9.53 Å². The predicted octanol–water partition coefficient (Wildman–Crippen LogP) is 9.84. The molecule has 0 aliphatic carbocycles. The number of aromatic carboxylic acids is 1. The third-order valence-corrected chi connectivity index (χ3v) is 7.84. The van der Waals surface area contributed by atoms with Gasteiger partial charge in [-0.05, 0) is 72.5 Å². The van der Waals surface area contributed by atoms with Crippen molar-refractivity contribution >= 4 is 17.9 Å². The first-order chi connectivity index (χ1) is 22.5. The molecule has 0 fully saturated rings. The van der Waals surface area contributed by atoms with Crippen LogP contribution in [0.5, 0.6) is 11.5 Å². The van der Waals surface area contributed by atoms with E-state index in [1.807, 2.05) is 12.1 Å². The van der Waals surface area contributed by atoms with E-state index in [0.717, 1.165) is 42.6 Å². The summed E-state index contributed by atoms with van der Waals surface area (Å²) in [6.07, 6.45) is 18.3. The van der Waals surface area contributed by atoms with Gasteiger partial charge in [-0.25, -0.2) is 14.4 Å². The highest BCUT2D eigenvalue weighted by molar-refractivity contribution is 5.91. The highest BCUT2D eigenvalue weighted by atomic mass is 16.5. The molecule has 46 heavy (non-hydrogen) atoms. The molecule has 0 saturated carbocycles. The summed E-state index contributed by atoms with van der Waals surface area (Å²) >= 11 is 0. The van der Waals surface area contributed by atoms with Crippen LogP contribution in [-0.4, -0.2) is 36.2 Å². The monoisotopic (exact) mass is 628 g/mol. The molecule has 246 valence electrons. The Morgan fingerprint density at radius 3 is 1.43 bits per heavy atom. The Morgan fingerprint density at radius 1 is 0.543 bits per heavy atom. The zero-order valence-electron chi connectivity index (χ0n) is 26.9. The fraction of sp³-hybridized carbons (Fsp3) is 0.410. The standard InChI is InChI=1S/C39H48O7/c1-2-37(40)45-30-16-14-12-10-8-6-4-3-5-7-9-11-13-15-29-44-35-25-23-34(24-26-35)39(43)46-36-27-21-32(22-28-36)31-17-19-33(20-18-31)38(41)42/h2,17-28H,1,3-16,29-30H2,(H,41,42). The van der Waals surface area contributed by atoms with Crippen LogP contribution in [0.4, 0.5) is 0 Å². The van der Waals surface area contributed by atoms with Crippen molar-refractivity contribution in [1.29, 1.82) is 0 Å². The number of unbranched alkanes of at least 4 members (excludes halogenated alkanes) is 13. The molecule has 0 aliphatic heterocycles. The Balaban J connectivity index is 1.17. The average Bonchev–Trinajstić information content (AvgIpc) is 3.08. The molecule has 0 amide bonds. The minimum absolute atomic E-state index is 0.234. The topological polar surface area (TPSA) is 99.1 Å². The van der Waals surface area contributed by atoms with E-state index in [0.29, 0.717) is 24.5 Å². The average molecular weight is 629 g/mol. The van der Waals surface area contributed by atoms with Crippen molar-refractivity contribution in [3.63, 3.8) is 0 Å². The van der Waals surface area contributed by atoms with E-state index >= 15 is 0 Å². The molecule has 0 heterocycles. The Hall–Kier alpha value is -4.39. The summed E-state index contributed by atoms with van der Waals surface area (Å²) in [7, 11) is 0. The number of carboxylic acids is 1. The van der Waals surface area contributed by atoms with Crippen molar-refractivity contribution in [3.05, 3.63) is 96.6 Å². The maximum Gasteiger partial charge on any atom is 0.343 e. The summed E-state index contributed by atoms with van der Waals surface area (Å²) in [6.45, 7) is 4.56. The molecule has 0 aliphatic rings. The largest absolute Gasteiger partial charge is 0.494 e. The molecule has 0 saturated heterocycles. The Morgan fingerprint density at radius 2 is 0.957 bits per heavy atom. The molecule has 0 aromatic heterocycles. The van der Waals surface area contributed by atoms with Crippen LogP contribution in [0.25, 0.3) is 11.1 Å². The van der Waals surface area contributed by atoms with Gasteiger partial charge in [0.1, 0.15) is 11.5 Å². The molecular formula is C39H48O7. The summed E-state index contributed by atoms with van der Waals surface area (Å²) in [5.74, 6) is -0.563. The van der Waals surface area contributed by atoms with Crippen molar-refractivity contribution in [2.24, 2.45) is 0 Å². The van der Waals surface area contributed by atoms with Gasteiger partial charge in [0.15, 0.2) is 0 Å². The van der Waals surface area contributed by atoms with Gasteiger partial charge in [-0.15, -0.1) is 0 Å². The summed E-state index contributed by atoms with van der Waals surface area (Å²) < 4.78 is 16.4. The van der Waals surface area contributed by atoms with E-state index in [4.69, 9.17) is 19.3 Å². The van der Waals surface area contributed by atoms with Gasteiger partial charge in [0.05, 0.1) is 24.3 Å². The second kappa shape index (κ2) is 21.4. The van der Waals surface area contributed by atoms with Crippen molar-refractivity contribution in [3.8, 4) is 22.6 Å². The van der Waals surface area contributed by atoms with Crippen LogP contribution in [0.15, 0.2) is 85.5 Å². The van der Waals surface area contributed by atoms with Gasteiger partial charge in [-0.3, -0.25) is 0 Å². The molecule has 3 aromatic rings. The fourth-order valence-corrected chi connectivity index (χ4v) is 5.12. The maximum atomic E-state index is 12.6. The molecule has 0 spiro atoms. The molecule has 7 nitrogen and oxygen atoms in total. The molecule has 3 rings (SSSR count). The highest BCUT2D eigenvalue weighted by Gasteiger charge is 2.10. The van der Waals surface area contributed by atoms with E-state index < -0.39 is 11.9 Å². The first-order valence-corrected chi connectivity index (χ1v) is 16.6. The molecular weight excluding hydrogens is 580 g/mol. The SMILES string of the molecule is C=CC(=O)OCCCCCCCCCCCCCCCCOc1ccc(C(=O)Oc2ccc(-c3ccc(C(=O)O)cc3)cc2)cc1. The van der Waals surface area contributed by atoms with Gasteiger partial charge in [-0.1, -0.05) is 108 Å². The van der Waals surface area contributed by atoms with Gasteiger partial charge in [-0.2, -0.15) is 0 Å². The molecule has 0 radical (unpaired) electrons.